The molecule has 19 heavy (non-hydrogen) atoms. The van der Waals surface area contributed by atoms with Gasteiger partial charge in [0.2, 0.25) is 0 Å². The topological polar surface area (TPSA) is 46.3 Å². The van der Waals surface area contributed by atoms with Crippen molar-refractivity contribution >= 4 is 11.6 Å². The van der Waals surface area contributed by atoms with Gasteiger partial charge in [-0.05, 0) is 49.3 Å². The number of carbonyl (C=O) groups excluding carboxylic acids is 1. The summed E-state index contributed by atoms with van der Waals surface area (Å²) in [6.45, 7) is 8.23. The van der Waals surface area contributed by atoms with Crippen molar-refractivity contribution in [2.45, 2.75) is 40.0 Å². The number of likely N-dealkylation sites (tertiary alicyclic amines) is 1. The van der Waals surface area contributed by atoms with E-state index in [2.05, 4.69) is 13.8 Å². The largest absolute Gasteiger partial charge is 0.398 e. The Bertz CT molecular complexity index is 480. The maximum Gasteiger partial charge on any atom is 0.253 e. The van der Waals surface area contributed by atoms with E-state index in [1.165, 1.54) is 6.42 Å². The molecule has 0 atom stereocenters. The minimum atomic E-state index is 0.115. The maximum absolute atomic E-state index is 12.5. The summed E-state index contributed by atoms with van der Waals surface area (Å²) in [4.78, 5) is 14.5. The fourth-order valence-electron chi connectivity index (χ4n) is 2.58. The molecule has 1 saturated heterocycles. The van der Waals surface area contributed by atoms with Gasteiger partial charge in [-0.15, -0.1) is 0 Å². The fraction of sp³-hybridized carbons (Fsp3) is 0.562. The predicted octanol–water partition coefficient (Wildman–Crippen LogP) is 3.23. The van der Waals surface area contributed by atoms with Crippen LogP contribution in [0.15, 0.2) is 18.2 Å². The molecule has 0 saturated carbocycles. The molecule has 0 spiro atoms. The minimum absolute atomic E-state index is 0.115. The van der Waals surface area contributed by atoms with Crippen LogP contribution in [0, 0.1) is 12.3 Å². The zero-order valence-electron chi connectivity index (χ0n) is 12.2. The van der Waals surface area contributed by atoms with Gasteiger partial charge in [-0.1, -0.05) is 19.9 Å². The third kappa shape index (κ3) is 3.28. The molecule has 1 amide bonds. The van der Waals surface area contributed by atoms with Crippen LogP contribution in [0.3, 0.4) is 0 Å². The molecule has 1 aliphatic heterocycles. The summed E-state index contributed by atoms with van der Waals surface area (Å²) < 4.78 is 0. The molecule has 0 aromatic heterocycles. The number of benzene rings is 1. The molecule has 1 heterocycles. The van der Waals surface area contributed by atoms with Crippen molar-refractivity contribution in [1.82, 2.24) is 4.90 Å². The van der Waals surface area contributed by atoms with E-state index in [0.29, 0.717) is 16.7 Å². The number of rotatable bonds is 1. The average Bonchev–Trinajstić information content (AvgIpc) is 2.53. The van der Waals surface area contributed by atoms with Gasteiger partial charge in [-0.2, -0.15) is 0 Å². The maximum atomic E-state index is 12.5. The molecule has 1 aromatic carbocycles. The molecule has 1 fully saturated rings. The zero-order valence-corrected chi connectivity index (χ0v) is 12.2. The molecule has 0 unspecified atom stereocenters. The van der Waals surface area contributed by atoms with Crippen LogP contribution in [0.5, 0.6) is 0 Å². The number of nitrogen functional groups attached to an aromatic ring is 1. The van der Waals surface area contributed by atoms with E-state index < -0.39 is 0 Å². The van der Waals surface area contributed by atoms with E-state index in [1.807, 2.05) is 24.0 Å². The number of anilines is 1. The fourth-order valence-corrected chi connectivity index (χ4v) is 2.58. The lowest BCUT2D eigenvalue weighted by Gasteiger charge is -2.23. The lowest BCUT2D eigenvalue weighted by Crippen LogP contribution is -2.32. The molecule has 1 aromatic rings. The normalized spacial score (nSPS) is 19.0. The molecule has 2 rings (SSSR count). The van der Waals surface area contributed by atoms with Crippen LogP contribution in [-0.2, 0) is 0 Å². The molecular weight excluding hydrogens is 236 g/mol. The summed E-state index contributed by atoms with van der Waals surface area (Å²) in [7, 11) is 0. The summed E-state index contributed by atoms with van der Waals surface area (Å²) >= 11 is 0. The van der Waals surface area contributed by atoms with Crippen molar-refractivity contribution in [3.63, 3.8) is 0 Å². The molecule has 104 valence electrons. The Morgan fingerprint density at radius 3 is 2.68 bits per heavy atom. The second-order valence-corrected chi connectivity index (χ2v) is 6.38. The Kier molecular flexibility index (Phi) is 3.83. The SMILES string of the molecule is Cc1ccc(C(=O)N2CCCC(C)(C)CC2)cc1N. The van der Waals surface area contributed by atoms with Crippen molar-refractivity contribution in [1.29, 1.82) is 0 Å². The third-order valence-corrected chi connectivity index (χ3v) is 4.15. The van der Waals surface area contributed by atoms with E-state index >= 15 is 0 Å². The van der Waals surface area contributed by atoms with Gasteiger partial charge in [0.25, 0.3) is 5.91 Å². The average molecular weight is 260 g/mol. The van der Waals surface area contributed by atoms with Gasteiger partial charge in [0.15, 0.2) is 0 Å². The van der Waals surface area contributed by atoms with Crippen molar-refractivity contribution in [3.8, 4) is 0 Å². The van der Waals surface area contributed by atoms with Gasteiger partial charge in [0, 0.05) is 24.3 Å². The Hall–Kier alpha value is -1.51. The highest BCUT2D eigenvalue weighted by molar-refractivity contribution is 5.95. The number of nitrogens with two attached hydrogens (primary N) is 1. The monoisotopic (exact) mass is 260 g/mol. The predicted molar refractivity (Wildman–Crippen MR) is 79.1 cm³/mol. The van der Waals surface area contributed by atoms with E-state index in [-0.39, 0.29) is 5.91 Å². The van der Waals surface area contributed by atoms with Crippen molar-refractivity contribution < 1.29 is 4.79 Å². The van der Waals surface area contributed by atoms with Gasteiger partial charge in [-0.25, -0.2) is 0 Å². The van der Waals surface area contributed by atoms with Gasteiger partial charge < -0.3 is 10.6 Å². The van der Waals surface area contributed by atoms with Crippen molar-refractivity contribution in [2.75, 3.05) is 18.8 Å². The van der Waals surface area contributed by atoms with E-state index in [0.717, 1.165) is 31.5 Å². The molecule has 3 heteroatoms. The molecule has 1 aliphatic rings. The summed E-state index contributed by atoms with van der Waals surface area (Å²) in [6.07, 6.45) is 3.34. The van der Waals surface area contributed by atoms with Gasteiger partial charge in [-0.3, -0.25) is 4.79 Å². The summed E-state index contributed by atoms with van der Waals surface area (Å²) in [5.41, 5.74) is 8.67. The van der Waals surface area contributed by atoms with Crippen molar-refractivity contribution in [3.05, 3.63) is 29.3 Å². The van der Waals surface area contributed by atoms with Gasteiger partial charge in [0.05, 0.1) is 0 Å². The van der Waals surface area contributed by atoms with E-state index in [1.54, 1.807) is 6.07 Å². The number of hydrogen-bond acceptors (Lipinski definition) is 2. The Morgan fingerprint density at radius 2 is 2.00 bits per heavy atom. The van der Waals surface area contributed by atoms with Crippen LogP contribution in [-0.4, -0.2) is 23.9 Å². The van der Waals surface area contributed by atoms with Crippen molar-refractivity contribution in [2.24, 2.45) is 5.41 Å². The molecule has 3 nitrogen and oxygen atoms in total. The highest BCUT2D eigenvalue weighted by atomic mass is 16.2. The third-order valence-electron chi connectivity index (χ3n) is 4.15. The van der Waals surface area contributed by atoms with E-state index in [4.69, 9.17) is 5.73 Å². The quantitative estimate of drug-likeness (QED) is 0.788. The first-order valence-corrected chi connectivity index (χ1v) is 7.04. The highest BCUT2D eigenvalue weighted by Crippen LogP contribution is 2.30. The number of carbonyl (C=O) groups is 1. The van der Waals surface area contributed by atoms with Crippen LogP contribution in [0.4, 0.5) is 5.69 Å². The molecule has 0 radical (unpaired) electrons. The highest BCUT2D eigenvalue weighted by Gasteiger charge is 2.25. The van der Waals surface area contributed by atoms with Gasteiger partial charge >= 0.3 is 0 Å². The van der Waals surface area contributed by atoms with Crippen LogP contribution < -0.4 is 5.73 Å². The van der Waals surface area contributed by atoms with Gasteiger partial charge in [0.1, 0.15) is 0 Å². The molecule has 2 N–H and O–H groups in total. The number of nitrogens with zero attached hydrogens (tertiary/aromatic N) is 1. The number of aryl methyl sites for hydroxylation is 1. The lowest BCUT2D eigenvalue weighted by atomic mass is 9.85. The van der Waals surface area contributed by atoms with E-state index in [9.17, 15) is 4.79 Å². The summed E-state index contributed by atoms with van der Waals surface area (Å²) in [6, 6.07) is 5.60. The standard InChI is InChI=1S/C16H24N2O/c1-12-5-6-13(11-14(12)17)15(19)18-9-4-7-16(2,3)8-10-18/h5-6,11H,4,7-10,17H2,1-3H3. The Morgan fingerprint density at radius 1 is 1.26 bits per heavy atom. The smallest absolute Gasteiger partial charge is 0.253 e. The second-order valence-electron chi connectivity index (χ2n) is 6.38. The first-order chi connectivity index (χ1) is 8.89. The number of amides is 1. The summed E-state index contributed by atoms with van der Waals surface area (Å²) in [5, 5.41) is 0. The Labute approximate surface area is 115 Å². The lowest BCUT2D eigenvalue weighted by molar-refractivity contribution is 0.0757. The molecule has 0 aliphatic carbocycles. The summed E-state index contributed by atoms with van der Waals surface area (Å²) in [5.74, 6) is 0.115. The zero-order chi connectivity index (χ0) is 14.0. The first kappa shape index (κ1) is 13.9. The first-order valence-electron chi connectivity index (χ1n) is 7.04. The second kappa shape index (κ2) is 5.24. The van der Waals surface area contributed by atoms with Crippen LogP contribution in [0.2, 0.25) is 0 Å². The van der Waals surface area contributed by atoms with Crippen LogP contribution in [0.1, 0.15) is 49.0 Å². The van der Waals surface area contributed by atoms with Crippen LogP contribution in [0.25, 0.3) is 0 Å². The number of hydrogen-bond donors (Lipinski definition) is 1. The minimum Gasteiger partial charge on any atom is -0.398 e. The Balaban J connectivity index is 2.13. The molecular formula is C16H24N2O. The molecule has 0 bridgehead atoms. The van der Waals surface area contributed by atoms with Crippen LogP contribution >= 0.6 is 0 Å².